The Morgan fingerprint density at radius 1 is 1.09 bits per heavy atom. The number of pyridine rings is 1. The van der Waals surface area contributed by atoms with Crippen molar-refractivity contribution in [3.63, 3.8) is 0 Å². The van der Waals surface area contributed by atoms with Gasteiger partial charge in [-0.05, 0) is 36.2 Å². The highest BCUT2D eigenvalue weighted by atomic mass is 16.2. The molecule has 0 radical (unpaired) electrons. The predicted molar refractivity (Wildman–Crippen MR) is 120 cm³/mol. The van der Waals surface area contributed by atoms with Crippen molar-refractivity contribution in [3.05, 3.63) is 53.2 Å². The van der Waals surface area contributed by atoms with E-state index in [9.17, 15) is 19.2 Å². The summed E-state index contributed by atoms with van der Waals surface area (Å²) in [5.41, 5.74) is 1.92. The van der Waals surface area contributed by atoms with Crippen LogP contribution in [0.3, 0.4) is 0 Å². The van der Waals surface area contributed by atoms with Gasteiger partial charge in [-0.3, -0.25) is 24.5 Å². The Kier molecular flexibility index (Phi) is 5.51. The third-order valence-electron chi connectivity index (χ3n) is 6.27. The van der Waals surface area contributed by atoms with Gasteiger partial charge in [-0.1, -0.05) is 6.07 Å². The normalized spacial score (nSPS) is 20.5. The zero-order chi connectivity index (χ0) is 22.9. The number of hydrogen-bond donors (Lipinski definition) is 3. The topological polar surface area (TPSA) is 124 Å². The number of hydrogen-bond acceptors (Lipinski definition) is 7. The highest BCUT2D eigenvalue weighted by Gasteiger charge is 2.40. The molecule has 3 aliphatic heterocycles. The quantitative estimate of drug-likeness (QED) is 0.582. The molecule has 1 aromatic carbocycles. The van der Waals surface area contributed by atoms with Crippen LogP contribution in [0, 0.1) is 0 Å². The van der Waals surface area contributed by atoms with Crippen LogP contribution < -0.4 is 20.9 Å². The van der Waals surface area contributed by atoms with Gasteiger partial charge in [0, 0.05) is 50.3 Å². The van der Waals surface area contributed by atoms with Gasteiger partial charge in [0.25, 0.3) is 11.8 Å². The maximum absolute atomic E-state index is 13.0. The smallest absolute Gasteiger partial charge is 0.256 e. The fourth-order valence-corrected chi connectivity index (χ4v) is 4.54. The first-order valence-electron chi connectivity index (χ1n) is 11.0. The van der Waals surface area contributed by atoms with Gasteiger partial charge < -0.3 is 20.4 Å². The van der Waals surface area contributed by atoms with E-state index < -0.39 is 11.9 Å². The van der Waals surface area contributed by atoms with Gasteiger partial charge in [-0.15, -0.1) is 0 Å². The number of amides is 4. The number of carbonyl (C=O) groups excluding carboxylic acids is 4. The van der Waals surface area contributed by atoms with E-state index in [-0.39, 0.29) is 37.1 Å². The van der Waals surface area contributed by atoms with E-state index in [4.69, 9.17) is 0 Å². The molecular formula is C23H24N6O4. The summed E-state index contributed by atoms with van der Waals surface area (Å²) in [4.78, 5) is 57.8. The lowest BCUT2D eigenvalue weighted by Crippen LogP contribution is -2.52. The zero-order valence-corrected chi connectivity index (χ0v) is 18.0. The first-order chi connectivity index (χ1) is 16.0. The lowest BCUT2D eigenvalue weighted by atomic mass is 10.0. The molecule has 0 aliphatic carbocycles. The summed E-state index contributed by atoms with van der Waals surface area (Å²) in [5.74, 6) is -0.607. The van der Waals surface area contributed by atoms with Gasteiger partial charge in [0.1, 0.15) is 11.9 Å². The lowest BCUT2D eigenvalue weighted by molar-refractivity contribution is -0.136. The second-order valence-electron chi connectivity index (χ2n) is 8.33. The minimum Gasteiger partial charge on any atom is -0.354 e. The van der Waals surface area contributed by atoms with Gasteiger partial charge in [0.2, 0.25) is 11.8 Å². The Balaban J connectivity index is 1.31. The van der Waals surface area contributed by atoms with E-state index in [0.29, 0.717) is 22.4 Å². The Morgan fingerprint density at radius 2 is 1.91 bits per heavy atom. The number of aromatic nitrogens is 1. The predicted octanol–water partition coefficient (Wildman–Crippen LogP) is 0.505. The summed E-state index contributed by atoms with van der Waals surface area (Å²) in [6.45, 7) is 3.73. The molecule has 2 aromatic rings. The van der Waals surface area contributed by atoms with Crippen molar-refractivity contribution >= 4 is 35.1 Å². The van der Waals surface area contributed by atoms with Crippen molar-refractivity contribution in [2.45, 2.75) is 25.4 Å². The van der Waals surface area contributed by atoms with E-state index in [1.807, 2.05) is 12.1 Å². The average Bonchev–Trinajstić information content (AvgIpc) is 3.16. The second kappa shape index (κ2) is 8.62. The Labute approximate surface area is 190 Å². The Bertz CT molecular complexity index is 1130. The molecule has 10 nitrogen and oxygen atoms in total. The van der Waals surface area contributed by atoms with Crippen LogP contribution in [0.15, 0.2) is 36.5 Å². The number of benzene rings is 1. The molecule has 2 fully saturated rings. The molecule has 4 amide bonds. The standard InChI is InChI=1S/C23H24N6O4/c30-20-7-5-18(22(32)27-20)29-13-17-15(2-1-3-16(17)23(29)33)21(31)26-14-4-6-19(25-12-14)28-10-8-24-9-11-28/h1-4,6,12,18,24H,5,7-11,13H2,(H,26,31)(H,27,30,32). The van der Waals surface area contributed by atoms with E-state index in [2.05, 4.69) is 25.8 Å². The maximum Gasteiger partial charge on any atom is 0.256 e. The van der Waals surface area contributed by atoms with Crippen LogP contribution in [0.5, 0.6) is 0 Å². The number of carbonyl (C=O) groups is 4. The number of nitrogens with zero attached hydrogens (tertiary/aromatic N) is 3. The van der Waals surface area contributed by atoms with Crippen LogP contribution in [-0.2, 0) is 16.1 Å². The lowest BCUT2D eigenvalue weighted by Gasteiger charge is -2.29. The molecule has 5 rings (SSSR count). The summed E-state index contributed by atoms with van der Waals surface area (Å²) < 4.78 is 0. The molecule has 33 heavy (non-hydrogen) atoms. The summed E-state index contributed by atoms with van der Waals surface area (Å²) in [6.07, 6.45) is 2.08. The summed E-state index contributed by atoms with van der Waals surface area (Å²) in [5, 5.41) is 8.44. The van der Waals surface area contributed by atoms with E-state index in [1.165, 1.54) is 4.90 Å². The summed E-state index contributed by atoms with van der Waals surface area (Å²) in [6, 6.07) is 7.95. The Hall–Kier alpha value is -3.79. The molecule has 3 aliphatic rings. The fraction of sp³-hybridized carbons (Fsp3) is 0.348. The molecular weight excluding hydrogens is 424 g/mol. The number of rotatable bonds is 4. The van der Waals surface area contributed by atoms with Crippen LogP contribution in [0.25, 0.3) is 0 Å². The molecule has 0 spiro atoms. The van der Waals surface area contributed by atoms with Gasteiger partial charge >= 0.3 is 0 Å². The number of piperidine rings is 1. The molecule has 1 aromatic heterocycles. The molecule has 4 heterocycles. The molecule has 170 valence electrons. The first kappa shape index (κ1) is 21.1. The molecule has 0 bridgehead atoms. The van der Waals surface area contributed by atoms with Crippen molar-refractivity contribution in [2.75, 3.05) is 36.4 Å². The highest BCUT2D eigenvalue weighted by molar-refractivity contribution is 6.10. The SMILES string of the molecule is O=C1CCC(N2Cc3c(C(=O)Nc4ccc(N5CCNCC5)nc4)cccc3C2=O)C(=O)N1. The number of nitrogens with one attached hydrogen (secondary N) is 3. The van der Waals surface area contributed by atoms with Crippen molar-refractivity contribution in [2.24, 2.45) is 0 Å². The van der Waals surface area contributed by atoms with Gasteiger partial charge in [-0.2, -0.15) is 0 Å². The summed E-state index contributed by atoms with van der Waals surface area (Å²) in [7, 11) is 0. The van der Waals surface area contributed by atoms with E-state index >= 15 is 0 Å². The van der Waals surface area contributed by atoms with Crippen molar-refractivity contribution in [1.82, 2.24) is 20.5 Å². The number of imide groups is 1. The third-order valence-corrected chi connectivity index (χ3v) is 6.27. The van der Waals surface area contributed by atoms with Gasteiger partial charge in [-0.25, -0.2) is 4.98 Å². The molecule has 1 atom stereocenters. The van der Waals surface area contributed by atoms with Crippen molar-refractivity contribution in [3.8, 4) is 0 Å². The Morgan fingerprint density at radius 3 is 2.64 bits per heavy atom. The summed E-state index contributed by atoms with van der Waals surface area (Å²) >= 11 is 0. The molecule has 1 unspecified atom stereocenters. The maximum atomic E-state index is 13.0. The van der Waals surface area contributed by atoms with Crippen LogP contribution in [-0.4, -0.2) is 65.7 Å². The van der Waals surface area contributed by atoms with Crippen LogP contribution in [0.2, 0.25) is 0 Å². The number of fused-ring (bicyclic) bond motifs is 1. The largest absolute Gasteiger partial charge is 0.354 e. The molecule has 2 saturated heterocycles. The number of anilines is 2. The van der Waals surface area contributed by atoms with Crippen molar-refractivity contribution in [1.29, 1.82) is 0 Å². The third kappa shape index (κ3) is 4.05. The van der Waals surface area contributed by atoms with Gasteiger partial charge in [0.05, 0.1) is 11.9 Å². The van der Waals surface area contributed by atoms with Crippen LogP contribution in [0.4, 0.5) is 11.5 Å². The number of piperazine rings is 1. The molecule has 0 saturated carbocycles. The molecule has 3 N–H and O–H groups in total. The van der Waals surface area contributed by atoms with Gasteiger partial charge in [0.15, 0.2) is 0 Å². The van der Waals surface area contributed by atoms with Crippen LogP contribution >= 0.6 is 0 Å². The minimum atomic E-state index is -0.722. The molecule has 10 heteroatoms. The second-order valence-corrected chi connectivity index (χ2v) is 8.33. The monoisotopic (exact) mass is 448 g/mol. The zero-order valence-electron chi connectivity index (χ0n) is 18.0. The minimum absolute atomic E-state index is 0.143. The average molecular weight is 448 g/mol. The highest BCUT2D eigenvalue weighted by Crippen LogP contribution is 2.30. The van der Waals surface area contributed by atoms with Crippen LogP contribution in [0.1, 0.15) is 39.1 Å². The van der Waals surface area contributed by atoms with Crippen molar-refractivity contribution < 1.29 is 19.2 Å². The van der Waals surface area contributed by atoms with E-state index in [0.717, 1.165) is 32.0 Å². The van der Waals surface area contributed by atoms with E-state index in [1.54, 1.807) is 24.4 Å². The fourth-order valence-electron chi connectivity index (χ4n) is 4.54. The first-order valence-corrected chi connectivity index (χ1v) is 11.0.